The molecule has 1 unspecified atom stereocenters. The van der Waals surface area contributed by atoms with Crippen LogP contribution in [-0.4, -0.2) is 13.1 Å². The fourth-order valence-electron chi connectivity index (χ4n) is 1.32. The molecule has 2 nitrogen and oxygen atoms in total. The van der Waals surface area contributed by atoms with Crippen LogP contribution < -0.4 is 5.32 Å². The third kappa shape index (κ3) is 2.93. The number of likely N-dealkylation sites (N-methyl/N-ethyl adjacent to an activating group) is 1. The number of hydrogen-bond acceptors (Lipinski definition) is 2. The Labute approximate surface area is 91.2 Å². The first-order valence-electron chi connectivity index (χ1n) is 5.03. The van der Waals surface area contributed by atoms with Gasteiger partial charge in [-0.2, -0.15) is 5.26 Å². The highest BCUT2D eigenvalue weighted by molar-refractivity contribution is 5.60. The molecule has 0 aromatic heterocycles. The van der Waals surface area contributed by atoms with Gasteiger partial charge in [0.15, 0.2) is 0 Å². The number of rotatable bonds is 3. The van der Waals surface area contributed by atoms with Gasteiger partial charge in [-0.15, -0.1) is 0 Å². The van der Waals surface area contributed by atoms with Gasteiger partial charge in [0.2, 0.25) is 0 Å². The topological polar surface area (TPSA) is 35.8 Å². The molecular weight excluding hydrogens is 184 g/mol. The molecule has 1 rings (SSSR count). The molecule has 1 aromatic rings. The van der Waals surface area contributed by atoms with Gasteiger partial charge in [-0.05, 0) is 32.5 Å². The van der Waals surface area contributed by atoms with Crippen LogP contribution in [0.4, 0.5) is 0 Å². The van der Waals surface area contributed by atoms with Crippen molar-refractivity contribution in [3.05, 3.63) is 41.0 Å². The number of nitriles is 1. The van der Waals surface area contributed by atoms with E-state index in [0.717, 1.165) is 11.1 Å². The summed E-state index contributed by atoms with van der Waals surface area (Å²) in [6, 6.07) is 10.2. The number of nitrogens with zero attached hydrogens (tertiary/aromatic N) is 1. The van der Waals surface area contributed by atoms with Crippen molar-refractivity contribution in [1.29, 1.82) is 5.26 Å². The van der Waals surface area contributed by atoms with Gasteiger partial charge >= 0.3 is 0 Å². The van der Waals surface area contributed by atoms with Gasteiger partial charge in [0.1, 0.15) is 0 Å². The third-order valence-corrected chi connectivity index (χ3v) is 2.58. The molecule has 0 bridgehead atoms. The van der Waals surface area contributed by atoms with E-state index in [4.69, 9.17) is 5.26 Å². The molecule has 1 atom stereocenters. The van der Waals surface area contributed by atoms with Crippen molar-refractivity contribution in [3.63, 3.8) is 0 Å². The van der Waals surface area contributed by atoms with Crippen molar-refractivity contribution in [2.45, 2.75) is 19.9 Å². The molecule has 0 spiro atoms. The zero-order chi connectivity index (χ0) is 11.3. The Morgan fingerprint density at radius 3 is 2.73 bits per heavy atom. The highest BCUT2D eigenvalue weighted by Gasteiger charge is 2.02. The summed E-state index contributed by atoms with van der Waals surface area (Å²) in [5.41, 5.74) is 2.93. The molecule has 2 heteroatoms. The van der Waals surface area contributed by atoms with E-state index in [0.29, 0.717) is 6.04 Å². The van der Waals surface area contributed by atoms with Crippen LogP contribution in [0.15, 0.2) is 29.8 Å². The highest BCUT2D eigenvalue weighted by atomic mass is 14.8. The third-order valence-electron chi connectivity index (χ3n) is 2.58. The standard InChI is InChI=1S/C13H16N2/c1-10(11(2)15-3)8-12-6-4-5-7-13(12)9-14/h4-8,11,15H,1-3H3/b10-8+. The van der Waals surface area contributed by atoms with Crippen LogP contribution in [-0.2, 0) is 0 Å². The molecule has 1 N–H and O–H groups in total. The fourth-order valence-corrected chi connectivity index (χ4v) is 1.32. The molecule has 0 aliphatic rings. The van der Waals surface area contributed by atoms with E-state index in [1.54, 1.807) is 0 Å². The molecule has 0 aliphatic heterocycles. The van der Waals surface area contributed by atoms with Gasteiger partial charge in [0.05, 0.1) is 11.6 Å². The predicted molar refractivity (Wildman–Crippen MR) is 63.3 cm³/mol. The molecule has 1 aromatic carbocycles. The maximum absolute atomic E-state index is 8.93. The maximum atomic E-state index is 8.93. The normalized spacial score (nSPS) is 13.3. The minimum atomic E-state index is 0.330. The molecule has 0 fully saturated rings. The summed E-state index contributed by atoms with van der Waals surface area (Å²) >= 11 is 0. The van der Waals surface area contributed by atoms with Crippen molar-refractivity contribution in [2.75, 3.05) is 7.05 Å². The van der Waals surface area contributed by atoms with Crippen molar-refractivity contribution in [1.82, 2.24) is 5.32 Å². The van der Waals surface area contributed by atoms with E-state index < -0.39 is 0 Å². The zero-order valence-corrected chi connectivity index (χ0v) is 9.41. The first-order chi connectivity index (χ1) is 7.19. The Morgan fingerprint density at radius 1 is 1.47 bits per heavy atom. The van der Waals surface area contributed by atoms with Crippen molar-refractivity contribution < 1.29 is 0 Å². The van der Waals surface area contributed by atoms with Crippen LogP contribution in [0, 0.1) is 11.3 Å². The molecular formula is C13H16N2. The molecule has 15 heavy (non-hydrogen) atoms. The van der Waals surface area contributed by atoms with Gasteiger partial charge in [-0.3, -0.25) is 0 Å². The van der Waals surface area contributed by atoms with Crippen molar-refractivity contribution in [2.24, 2.45) is 0 Å². The van der Waals surface area contributed by atoms with Gasteiger partial charge in [0, 0.05) is 6.04 Å². The second-order valence-electron chi connectivity index (χ2n) is 3.60. The lowest BCUT2D eigenvalue weighted by Crippen LogP contribution is -2.21. The Bertz CT molecular complexity index is 399. The molecule has 0 aliphatic carbocycles. The first-order valence-corrected chi connectivity index (χ1v) is 5.03. The van der Waals surface area contributed by atoms with Crippen molar-refractivity contribution in [3.8, 4) is 6.07 Å². The molecule has 0 amide bonds. The summed E-state index contributed by atoms with van der Waals surface area (Å²) in [4.78, 5) is 0. The van der Waals surface area contributed by atoms with E-state index in [1.807, 2.05) is 31.3 Å². The minimum absolute atomic E-state index is 0.330. The first kappa shape index (κ1) is 11.5. The summed E-state index contributed by atoms with van der Waals surface area (Å²) in [6.45, 7) is 4.16. The minimum Gasteiger partial charge on any atom is -0.314 e. The van der Waals surface area contributed by atoms with Crippen LogP contribution in [0.25, 0.3) is 6.08 Å². The van der Waals surface area contributed by atoms with Crippen molar-refractivity contribution >= 4 is 6.08 Å². The summed E-state index contributed by atoms with van der Waals surface area (Å²) in [5, 5.41) is 12.1. The van der Waals surface area contributed by atoms with Crippen LogP contribution in [0.1, 0.15) is 25.0 Å². The van der Waals surface area contributed by atoms with Crippen LogP contribution in [0.2, 0.25) is 0 Å². The summed E-state index contributed by atoms with van der Waals surface area (Å²) in [5.74, 6) is 0. The summed E-state index contributed by atoms with van der Waals surface area (Å²) < 4.78 is 0. The Hall–Kier alpha value is -1.59. The maximum Gasteiger partial charge on any atom is 0.0997 e. The monoisotopic (exact) mass is 200 g/mol. The number of hydrogen-bond donors (Lipinski definition) is 1. The van der Waals surface area contributed by atoms with E-state index in [9.17, 15) is 0 Å². The number of nitrogens with one attached hydrogen (secondary N) is 1. The van der Waals surface area contributed by atoms with Crippen LogP contribution in [0.5, 0.6) is 0 Å². The van der Waals surface area contributed by atoms with E-state index in [-0.39, 0.29) is 0 Å². The Morgan fingerprint density at radius 2 is 2.13 bits per heavy atom. The smallest absolute Gasteiger partial charge is 0.0997 e. The zero-order valence-electron chi connectivity index (χ0n) is 9.41. The fraction of sp³-hybridized carbons (Fsp3) is 0.308. The molecule has 0 radical (unpaired) electrons. The summed E-state index contributed by atoms with van der Waals surface area (Å²) in [6.07, 6.45) is 2.06. The molecule has 0 saturated carbocycles. The molecule has 78 valence electrons. The Balaban J connectivity index is 3.03. The van der Waals surface area contributed by atoms with Gasteiger partial charge in [-0.25, -0.2) is 0 Å². The predicted octanol–water partition coefficient (Wildman–Crippen LogP) is 2.57. The average molecular weight is 200 g/mol. The SMILES string of the molecule is CNC(C)/C(C)=C/c1ccccc1C#N. The lowest BCUT2D eigenvalue weighted by molar-refractivity contribution is 0.696. The van der Waals surface area contributed by atoms with Gasteiger partial charge < -0.3 is 5.32 Å². The lowest BCUT2D eigenvalue weighted by Gasteiger charge is -2.10. The van der Waals surface area contributed by atoms with Gasteiger partial charge in [0.25, 0.3) is 0 Å². The summed E-state index contributed by atoms with van der Waals surface area (Å²) in [7, 11) is 1.93. The van der Waals surface area contributed by atoms with Crippen LogP contribution >= 0.6 is 0 Å². The largest absolute Gasteiger partial charge is 0.314 e. The van der Waals surface area contributed by atoms with Crippen LogP contribution in [0.3, 0.4) is 0 Å². The van der Waals surface area contributed by atoms with Gasteiger partial charge in [-0.1, -0.05) is 29.8 Å². The quantitative estimate of drug-likeness (QED) is 0.814. The lowest BCUT2D eigenvalue weighted by atomic mass is 10.0. The second kappa shape index (κ2) is 5.33. The Kier molecular flexibility index (Phi) is 4.08. The van der Waals surface area contributed by atoms with E-state index in [2.05, 4.69) is 31.3 Å². The highest BCUT2D eigenvalue weighted by Crippen LogP contribution is 2.13. The second-order valence-corrected chi connectivity index (χ2v) is 3.60. The molecule has 0 heterocycles. The van der Waals surface area contributed by atoms with E-state index in [1.165, 1.54) is 5.57 Å². The molecule has 0 saturated heterocycles. The van der Waals surface area contributed by atoms with E-state index >= 15 is 0 Å². The number of benzene rings is 1. The average Bonchev–Trinajstić information content (AvgIpc) is 2.28.